The third-order valence-electron chi connectivity index (χ3n) is 9.52. The first-order valence-electron chi connectivity index (χ1n) is 20.1. The molecule has 1 unspecified atom stereocenters. The first kappa shape index (κ1) is 45.2. The van der Waals surface area contributed by atoms with Gasteiger partial charge in [-0.1, -0.05) is 162 Å². The van der Waals surface area contributed by atoms with Gasteiger partial charge in [-0.25, -0.2) is 0 Å². The van der Waals surface area contributed by atoms with Crippen molar-refractivity contribution >= 4 is 5.97 Å². The second-order valence-corrected chi connectivity index (χ2v) is 14.1. The predicted molar refractivity (Wildman–Crippen MR) is 192 cm³/mol. The van der Waals surface area contributed by atoms with E-state index in [1.165, 1.54) is 128 Å². The zero-order valence-electron chi connectivity index (χ0n) is 31.0. The number of hydrogen-bond acceptors (Lipinski definition) is 9. The summed E-state index contributed by atoms with van der Waals surface area (Å²) in [6, 6.07) is 0. The number of aliphatic hydroxyl groups is 4. The topological polar surface area (TPSA) is 135 Å². The SMILES string of the molecule is CCCCCCCCCCCCCCCOC[C@@H](CO[C@H]1O[C@H](CO)[C@@H](O)C(O)[C@H]1O)OC(=O)CCCCCCCCCCCCCC. The van der Waals surface area contributed by atoms with E-state index in [-0.39, 0.29) is 19.2 Å². The number of ether oxygens (including phenoxy) is 4. The number of carbonyl (C=O) groups excluding carboxylic acids is 1. The van der Waals surface area contributed by atoms with Crippen molar-refractivity contribution in [2.45, 2.75) is 218 Å². The fraction of sp³-hybridized carbons (Fsp3) is 0.974. The summed E-state index contributed by atoms with van der Waals surface area (Å²) >= 11 is 0. The normalized spacial score (nSPS) is 21.8. The van der Waals surface area contributed by atoms with Crippen LogP contribution in [0.5, 0.6) is 0 Å². The van der Waals surface area contributed by atoms with Gasteiger partial charge in [0, 0.05) is 13.0 Å². The Bertz CT molecular complexity index is 707. The molecule has 0 radical (unpaired) electrons. The van der Waals surface area contributed by atoms with Crippen molar-refractivity contribution in [2.24, 2.45) is 0 Å². The van der Waals surface area contributed by atoms with Gasteiger partial charge in [-0.05, 0) is 12.8 Å². The van der Waals surface area contributed by atoms with Crippen LogP contribution in [0.2, 0.25) is 0 Å². The van der Waals surface area contributed by atoms with E-state index >= 15 is 0 Å². The first-order chi connectivity index (χ1) is 23.4. The van der Waals surface area contributed by atoms with E-state index in [0.717, 1.165) is 32.1 Å². The molecule has 0 aromatic heterocycles. The third-order valence-corrected chi connectivity index (χ3v) is 9.52. The minimum atomic E-state index is -1.53. The number of carbonyl (C=O) groups is 1. The lowest BCUT2D eigenvalue weighted by Crippen LogP contribution is -2.59. The molecule has 0 saturated carbocycles. The van der Waals surface area contributed by atoms with Crippen molar-refractivity contribution in [2.75, 3.05) is 26.4 Å². The Labute approximate surface area is 293 Å². The van der Waals surface area contributed by atoms with E-state index in [4.69, 9.17) is 18.9 Å². The average Bonchev–Trinajstić information content (AvgIpc) is 3.08. The fourth-order valence-electron chi connectivity index (χ4n) is 6.32. The minimum absolute atomic E-state index is 0.106. The van der Waals surface area contributed by atoms with Gasteiger partial charge in [0.1, 0.15) is 30.5 Å². The summed E-state index contributed by atoms with van der Waals surface area (Å²) < 4.78 is 22.7. The Hall–Kier alpha value is -0.810. The van der Waals surface area contributed by atoms with Crippen molar-refractivity contribution in [3.8, 4) is 0 Å². The maximum Gasteiger partial charge on any atom is 0.306 e. The number of unbranched alkanes of at least 4 members (excludes halogenated alkanes) is 23. The van der Waals surface area contributed by atoms with Crippen LogP contribution in [0.25, 0.3) is 0 Å². The first-order valence-corrected chi connectivity index (χ1v) is 20.1. The molecule has 1 rings (SSSR count). The van der Waals surface area contributed by atoms with Crippen LogP contribution < -0.4 is 0 Å². The van der Waals surface area contributed by atoms with Crippen LogP contribution in [0, 0.1) is 0 Å². The van der Waals surface area contributed by atoms with Crippen LogP contribution in [0.1, 0.15) is 181 Å². The molecule has 1 aliphatic rings. The molecular formula is C39H76O9. The van der Waals surface area contributed by atoms with Gasteiger partial charge in [0.15, 0.2) is 6.29 Å². The minimum Gasteiger partial charge on any atom is -0.457 e. The molecule has 1 aliphatic heterocycles. The molecule has 0 aromatic rings. The lowest BCUT2D eigenvalue weighted by atomic mass is 9.99. The maximum absolute atomic E-state index is 12.7. The van der Waals surface area contributed by atoms with Crippen molar-refractivity contribution in [3.05, 3.63) is 0 Å². The molecule has 1 heterocycles. The second kappa shape index (κ2) is 32.1. The van der Waals surface area contributed by atoms with Crippen LogP contribution in [0.4, 0.5) is 0 Å². The Morgan fingerprint density at radius 1 is 0.583 bits per heavy atom. The van der Waals surface area contributed by atoms with Gasteiger partial charge in [0.25, 0.3) is 0 Å². The molecule has 0 amide bonds. The van der Waals surface area contributed by atoms with Crippen LogP contribution in [-0.2, 0) is 23.7 Å². The predicted octanol–water partition coefficient (Wildman–Crippen LogP) is 7.91. The molecular weight excluding hydrogens is 612 g/mol. The number of rotatable bonds is 34. The molecule has 4 N–H and O–H groups in total. The largest absolute Gasteiger partial charge is 0.457 e. The Balaban J connectivity index is 2.30. The maximum atomic E-state index is 12.7. The molecule has 286 valence electrons. The number of esters is 1. The van der Waals surface area contributed by atoms with E-state index in [0.29, 0.717) is 13.0 Å². The van der Waals surface area contributed by atoms with Gasteiger partial charge in [0.05, 0.1) is 19.8 Å². The highest BCUT2D eigenvalue weighted by Gasteiger charge is 2.44. The zero-order valence-corrected chi connectivity index (χ0v) is 31.0. The smallest absolute Gasteiger partial charge is 0.306 e. The molecule has 0 spiro atoms. The highest BCUT2D eigenvalue weighted by atomic mass is 16.7. The van der Waals surface area contributed by atoms with Gasteiger partial charge in [-0.3, -0.25) is 4.79 Å². The molecule has 1 saturated heterocycles. The standard InChI is InChI=1S/C39H76O9/c1-3-5-7-9-11-13-15-17-19-21-23-25-27-29-45-31-33(32-46-39-38(44)37(43)36(42)34(30-40)48-39)47-35(41)28-26-24-22-20-18-16-14-12-10-8-6-4-2/h33-34,36-40,42-44H,3-32H2,1-2H3/t33-,34+,36+,37?,38+,39-/m0/s1. The molecule has 0 aliphatic carbocycles. The van der Waals surface area contributed by atoms with E-state index in [1.807, 2.05) is 0 Å². The lowest BCUT2D eigenvalue weighted by molar-refractivity contribution is -0.305. The molecule has 1 fully saturated rings. The van der Waals surface area contributed by atoms with Gasteiger partial charge in [-0.2, -0.15) is 0 Å². The molecule has 0 bridgehead atoms. The van der Waals surface area contributed by atoms with Crippen molar-refractivity contribution in [1.29, 1.82) is 0 Å². The second-order valence-electron chi connectivity index (χ2n) is 14.1. The molecule has 48 heavy (non-hydrogen) atoms. The van der Waals surface area contributed by atoms with Gasteiger partial charge >= 0.3 is 5.97 Å². The summed E-state index contributed by atoms with van der Waals surface area (Å²) in [5.41, 5.74) is 0. The summed E-state index contributed by atoms with van der Waals surface area (Å²) in [4.78, 5) is 12.7. The van der Waals surface area contributed by atoms with Gasteiger partial charge in [0.2, 0.25) is 0 Å². The molecule has 9 heteroatoms. The Kier molecular flexibility index (Phi) is 30.3. The average molecular weight is 689 g/mol. The third kappa shape index (κ3) is 23.6. The van der Waals surface area contributed by atoms with E-state index in [1.54, 1.807) is 0 Å². The van der Waals surface area contributed by atoms with Crippen molar-refractivity contribution < 1.29 is 44.2 Å². The van der Waals surface area contributed by atoms with Crippen molar-refractivity contribution in [1.82, 2.24) is 0 Å². The summed E-state index contributed by atoms with van der Waals surface area (Å²) in [7, 11) is 0. The highest BCUT2D eigenvalue weighted by Crippen LogP contribution is 2.22. The zero-order chi connectivity index (χ0) is 35.1. The van der Waals surface area contributed by atoms with E-state index in [2.05, 4.69) is 13.8 Å². The van der Waals surface area contributed by atoms with E-state index in [9.17, 15) is 25.2 Å². The van der Waals surface area contributed by atoms with Crippen LogP contribution in [-0.4, -0.2) is 89.6 Å². The molecule has 0 aromatic carbocycles. The Morgan fingerprint density at radius 2 is 1.02 bits per heavy atom. The number of hydrogen-bond donors (Lipinski definition) is 4. The van der Waals surface area contributed by atoms with Gasteiger partial charge in [-0.15, -0.1) is 0 Å². The highest BCUT2D eigenvalue weighted by molar-refractivity contribution is 5.69. The summed E-state index contributed by atoms with van der Waals surface area (Å²) in [6.07, 6.45) is 24.1. The summed E-state index contributed by atoms with van der Waals surface area (Å²) in [6.45, 7) is 4.57. The molecule has 9 nitrogen and oxygen atoms in total. The number of aliphatic hydroxyl groups excluding tert-OH is 4. The van der Waals surface area contributed by atoms with Crippen LogP contribution in [0.15, 0.2) is 0 Å². The lowest BCUT2D eigenvalue weighted by Gasteiger charge is -2.39. The van der Waals surface area contributed by atoms with Gasteiger partial charge < -0.3 is 39.4 Å². The molecule has 6 atom stereocenters. The summed E-state index contributed by atoms with van der Waals surface area (Å²) in [5.74, 6) is -0.311. The quantitative estimate of drug-likeness (QED) is 0.0393. The van der Waals surface area contributed by atoms with E-state index < -0.39 is 43.4 Å². The van der Waals surface area contributed by atoms with Crippen LogP contribution >= 0.6 is 0 Å². The Morgan fingerprint density at radius 3 is 1.48 bits per heavy atom. The van der Waals surface area contributed by atoms with Crippen LogP contribution in [0.3, 0.4) is 0 Å². The van der Waals surface area contributed by atoms with Crippen molar-refractivity contribution in [3.63, 3.8) is 0 Å². The monoisotopic (exact) mass is 689 g/mol. The fourth-order valence-corrected chi connectivity index (χ4v) is 6.32. The summed E-state index contributed by atoms with van der Waals surface area (Å²) in [5, 5.41) is 39.9.